The first-order chi connectivity index (χ1) is 17.0. The lowest BCUT2D eigenvalue weighted by Crippen LogP contribution is -2.38. The Morgan fingerprint density at radius 2 is 1.69 bits per heavy atom. The van der Waals surface area contributed by atoms with E-state index in [2.05, 4.69) is 5.32 Å². The minimum atomic E-state index is -0.241. The highest BCUT2D eigenvalue weighted by atomic mass is 35.5. The van der Waals surface area contributed by atoms with Crippen LogP contribution in [0.5, 0.6) is 23.0 Å². The molecule has 0 radical (unpaired) electrons. The van der Waals surface area contributed by atoms with Crippen molar-refractivity contribution in [3.63, 3.8) is 0 Å². The van der Waals surface area contributed by atoms with Gasteiger partial charge in [-0.1, -0.05) is 41.9 Å². The Hall–Kier alpha value is -3.71. The summed E-state index contributed by atoms with van der Waals surface area (Å²) in [6.45, 7) is 0.169. The van der Waals surface area contributed by atoms with Gasteiger partial charge in [-0.25, -0.2) is 0 Å². The second-order valence-electron chi connectivity index (χ2n) is 8.11. The quantitative estimate of drug-likeness (QED) is 0.378. The first-order valence-corrected chi connectivity index (χ1v) is 11.8. The van der Waals surface area contributed by atoms with E-state index < -0.39 is 0 Å². The van der Waals surface area contributed by atoms with Gasteiger partial charge in [0, 0.05) is 24.0 Å². The van der Waals surface area contributed by atoms with Crippen LogP contribution in [0.25, 0.3) is 0 Å². The molecule has 4 rings (SSSR count). The normalized spacial score (nSPS) is 12.5. The lowest BCUT2D eigenvalue weighted by Gasteiger charge is -2.22. The fraction of sp³-hybridized carbons (Fsp3) is 0.259. The summed E-state index contributed by atoms with van der Waals surface area (Å²) in [6.07, 6.45) is 1.98. The van der Waals surface area contributed by atoms with Crippen molar-refractivity contribution in [2.24, 2.45) is 0 Å². The van der Waals surface area contributed by atoms with Crippen LogP contribution in [0.2, 0.25) is 5.02 Å². The summed E-state index contributed by atoms with van der Waals surface area (Å²) in [7, 11) is 1.55. The molecule has 0 atom stereocenters. The van der Waals surface area contributed by atoms with E-state index in [9.17, 15) is 9.59 Å². The number of carbonyl (C=O) groups is 2. The standard InChI is InChI=1S/C27H27ClN2O5/c1-33-24-9-5-6-10-25(24)34-18-27(32)30(20-12-13-20)16-15-26(31)29-22-17-19(28)11-14-23(22)35-21-7-3-2-4-8-21/h2-11,14,17,20H,12-13,15-16,18H2,1H3,(H,29,31). The highest BCUT2D eigenvalue weighted by Crippen LogP contribution is 2.33. The maximum atomic E-state index is 12.9. The highest BCUT2D eigenvalue weighted by molar-refractivity contribution is 6.31. The van der Waals surface area contributed by atoms with Gasteiger partial charge < -0.3 is 24.4 Å². The van der Waals surface area contributed by atoms with E-state index in [1.54, 1.807) is 42.3 Å². The zero-order valence-electron chi connectivity index (χ0n) is 19.4. The number of halogens is 1. The molecule has 3 aromatic rings. The summed E-state index contributed by atoms with van der Waals surface area (Å²) >= 11 is 6.15. The minimum absolute atomic E-state index is 0.123. The Balaban J connectivity index is 1.34. The van der Waals surface area contributed by atoms with E-state index in [0.29, 0.717) is 40.3 Å². The summed E-state index contributed by atoms with van der Waals surface area (Å²) in [5.41, 5.74) is 0.468. The van der Waals surface area contributed by atoms with Gasteiger partial charge in [0.2, 0.25) is 5.91 Å². The van der Waals surface area contributed by atoms with Gasteiger partial charge in [0.05, 0.1) is 12.8 Å². The Morgan fingerprint density at radius 3 is 2.40 bits per heavy atom. The second-order valence-corrected chi connectivity index (χ2v) is 8.55. The van der Waals surface area contributed by atoms with E-state index in [4.69, 9.17) is 25.8 Å². The summed E-state index contributed by atoms with van der Waals surface area (Å²) in [5.74, 6) is 1.79. The van der Waals surface area contributed by atoms with Crippen LogP contribution >= 0.6 is 11.6 Å². The number of anilines is 1. The summed E-state index contributed by atoms with van der Waals surface area (Å²) in [5, 5.41) is 3.34. The lowest BCUT2D eigenvalue weighted by atomic mass is 10.2. The predicted molar refractivity (Wildman–Crippen MR) is 134 cm³/mol. The Kier molecular flexibility index (Phi) is 8.11. The van der Waals surface area contributed by atoms with Crippen molar-refractivity contribution in [3.8, 4) is 23.0 Å². The third kappa shape index (κ3) is 6.90. The van der Waals surface area contributed by atoms with E-state index in [0.717, 1.165) is 12.8 Å². The third-order valence-corrected chi connectivity index (χ3v) is 5.73. The maximum Gasteiger partial charge on any atom is 0.260 e. The molecule has 1 fully saturated rings. The predicted octanol–water partition coefficient (Wildman–Crippen LogP) is 5.54. The van der Waals surface area contributed by atoms with Crippen LogP contribution in [0.3, 0.4) is 0 Å². The van der Waals surface area contributed by atoms with Crippen LogP contribution in [-0.4, -0.2) is 43.0 Å². The SMILES string of the molecule is COc1ccccc1OCC(=O)N(CCC(=O)Nc1cc(Cl)ccc1Oc1ccccc1)C1CC1. The molecule has 0 unspecified atom stereocenters. The Labute approximate surface area is 209 Å². The van der Waals surface area contributed by atoms with Crippen LogP contribution in [0.4, 0.5) is 5.69 Å². The number of rotatable bonds is 11. The van der Waals surface area contributed by atoms with Gasteiger partial charge in [-0.2, -0.15) is 0 Å². The smallest absolute Gasteiger partial charge is 0.260 e. The number of methoxy groups -OCH3 is 1. The molecule has 2 amide bonds. The van der Waals surface area contributed by atoms with Crippen molar-refractivity contribution in [3.05, 3.63) is 77.8 Å². The molecule has 3 aromatic carbocycles. The average Bonchev–Trinajstić information content (AvgIpc) is 3.70. The summed E-state index contributed by atoms with van der Waals surface area (Å²) in [6, 6.07) is 21.6. The number of carbonyl (C=O) groups excluding carboxylic acids is 2. The largest absolute Gasteiger partial charge is 0.493 e. The van der Waals surface area contributed by atoms with Crippen LogP contribution in [0, 0.1) is 0 Å². The number of hydrogen-bond donors (Lipinski definition) is 1. The summed E-state index contributed by atoms with van der Waals surface area (Å²) in [4.78, 5) is 27.3. The fourth-order valence-electron chi connectivity index (χ4n) is 3.60. The molecule has 182 valence electrons. The van der Waals surface area contributed by atoms with Gasteiger partial charge in [0.15, 0.2) is 23.9 Å². The fourth-order valence-corrected chi connectivity index (χ4v) is 3.77. The second kappa shape index (κ2) is 11.6. The van der Waals surface area contributed by atoms with E-state index >= 15 is 0 Å². The molecule has 1 aliphatic carbocycles. The monoisotopic (exact) mass is 494 g/mol. The van der Waals surface area contributed by atoms with Gasteiger partial charge in [-0.05, 0) is 55.3 Å². The van der Waals surface area contributed by atoms with Gasteiger partial charge >= 0.3 is 0 Å². The minimum Gasteiger partial charge on any atom is -0.493 e. The van der Waals surface area contributed by atoms with Crippen molar-refractivity contribution < 1.29 is 23.8 Å². The number of nitrogens with zero attached hydrogens (tertiary/aromatic N) is 1. The summed E-state index contributed by atoms with van der Waals surface area (Å²) < 4.78 is 16.9. The average molecular weight is 495 g/mol. The maximum absolute atomic E-state index is 12.9. The van der Waals surface area contributed by atoms with Crippen molar-refractivity contribution in [1.29, 1.82) is 0 Å². The molecule has 1 saturated carbocycles. The molecule has 1 aliphatic rings. The highest BCUT2D eigenvalue weighted by Gasteiger charge is 2.33. The van der Waals surface area contributed by atoms with E-state index in [1.165, 1.54) is 0 Å². The number of amides is 2. The molecule has 7 nitrogen and oxygen atoms in total. The number of hydrogen-bond acceptors (Lipinski definition) is 5. The topological polar surface area (TPSA) is 77.1 Å². The van der Waals surface area contributed by atoms with Gasteiger partial charge in [0.25, 0.3) is 5.91 Å². The number of nitrogens with one attached hydrogen (secondary N) is 1. The zero-order valence-corrected chi connectivity index (χ0v) is 20.2. The molecule has 0 heterocycles. The number of para-hydroxylation sites is 3. The first kappa shape index (κ1) is 24.4. The van der Waals surface area contributed by atoms with Crippen molar-refractivity contribution in [2.75, 3.05) is 25.6 Å². The van der Waals surface area contributed by atoms with Crippen LogP contribution in [-0.2, 0) is 9.59 Å². The van der Waals surface area contributed by atoms with Gasteiger partial charge in [-0.3, -0.25) is 9.59 Å². The van der Waals surface area contributed by atoms with Crippen molar-refractivity contribution >= 4 is 29.1 Å². The number of benzene rings is 3. The van der Waals surface area contributed by atoms with E-state index in [1.807, 2.05) is 42.5 Å². The first-order valence-electron chi connectivity index (χ1n) is 11.4. The molecule has 8 heteroatoms. The zero-order chi connectivity index (χ0) is 24.6. The molecule has 0 aromatic heterocycles. The molecular weight excluding hydrogens is 468 g/mol. The molecule has 0 bridgehead atoms. The molecule has 0 spiro atoms. The Bertz CT molecular complexity index is 1170. The van der Waals surface area contributed by atoms with Crippen LogP contribution in [0.15, 0.2) is 72.8 Å². The molecular formula is C27H27ClN2O5. The van der Waals surface area contributed by atoms with Crippen LogP contribution in [0.1, 0.15) is 19.3 Å². The Morgan fingerprint density at radius 1 is 0.971 bits per heavy atom. The van der Waals surface area contributed by atoms with Crippen LogP contribution < -0.4 is 19.5 Å². The molecule has 0 aliphatic heterocycles. The molecule has 1 N–H and O–H groups in total. The van der Waals surface area contributed by atoms with Crippen molar-refractivity contribution in [2.45, 2.75) is 25.3 Å². The molecule has 35 heavy (non-hydrogen) atoms. The third-order valence-electron chi connectivity index (χ3n) is 5.49. The number of ether oxygens (including phenoxy) is 3. The van der Waals surface area contributed by atoms with Gasteiger partial charge in [-0.15, -0.1) is 0 Å². The molecule has 0 saturated heterocycles. The lowest BCUT2D eigenvalue weighted by molar-refractivity contribution is -0.134. The van der Waals surface area contributed by atoms with Crippen molar-refractivity contribution in [1.82, 2.24) is 4.90 Å². The van der Waals surface area contributed by atoms with E-state index in [-0.39, 0.29) is 30.9 Å². The van der Waals surface area contributed by atoms with Gasteiger partial charge in [0.1, 0.15) is 5.75 Å².